The maximum Gasteiger partial charge on any atom is 0.291 e. The van der Waals surface area contributed by atoms with Crippen LogP contribution >= 0.6 is 12.4 Å². The van der Waals surface area contributed by atoms with Crippen LogP contribution < -0.4 is 0 Å². The predicted octanol–water partition coefficient (Wildman–Crippen LogP) is -1.81. The zero-order valence-electron chi connectivity index (χ0n) is 5.54. The molecule has 0 unspecified atom stereocenters. The van der Waals surface area contributed by atoms with E-state index < -0.39 is 15.3 Å². The molecule has 0 saturated carbocycles. The molecule has 0 spiro atoms. The highest BCUT2D eigenvalue weighted by Crippen LogP contribution is 1.39. The lowest BCUT2D eigenvalue weighted by atomic mass is 13.1. The Morgan fingerprint density at radius 1 is 0.714 bits per heavy atom. The summed E-state index contributed by atoms with van der Waals surface area (Å²) in [5.41, 5.74) is 0. The van der Waals surface area contributed by atoms with Crippen LogP contribution in [0.15, 0.2) is 0 Å². The van der Waals surface area contributed by atoms with E-state index in [1.165, 1.54) is 0 Å². The summed E-state index contributed by atoms with van der Waals surface area (Å²) in [7, 11) is 0. The molecule has 0 aromatic carbocycles. The van der Waals surface area contributed by atoms with Gasteiger partial charge in [0, 0.05) is 0 Å². The van der Waals surface area contributed by atoms with Gasteiger partial charge < -0.3 is 15.6 Å². The third kappa shape index (κ3) is 372. The lowest BCUT2D eigenvalue weighted by Gasteiger charge is -1.56. The Labute approximate surface area is 91.6 Å². The fraction of sp³-hybridized carbons (Fsp3) is 0. The molecular formula is H7AlClN3O9. The summed E-state index contributed by atoms with van der Waals surface area (Å²) in [6.07, 6.45) is 0. The second kappa shape index (κ2) is 22.5. The first-order chi connectivity index (χ1) is 5.20. The number of rotatable bonds is 0. The fourth-order valence-corrected chi connectivity index (χ4v) is 0. The van der Waals surface area contributed by atoms with E-state index in [1.807, 2.05) is 0 Å². The third-order valence-corrected chi connectivity index (χ3v) is 0. The molecule has 0 amide bonds. The van der Waals surface area contributed by atoms with Crippen LogP contribution in [0.4, 0.5) is 0 Å². The summed E-state index contributed by atoms with van der Waals surface area (Å²) in [6, 6.07) is 0. The summed E-state index contributed by atoms with van der Waals surface area (Å²) in [6.45, 7) is 0. The Morgan fingerprint density at radius 2 is 0.714 bits per heavy atom. The molecule has 0 saturated heterocycles. The van der Waals surface area contributed by atoms with Crippen LogP contribution in [-0.4, -0.2) is 48.2 Å². The molecule has 0 fully saturated rings. The van der Waals surface area contributed by atoms with Gasteiger partial charge in [-0.2, -0.15) is 0 Å². The molecule has 0 heterocycles. The second-order valence-corrected chi connectivity index (χ2v) is 0.714. The van der Waals surface area contributed by atoms with Gasteiger partial charge in [-0.25, -0.2) is 0 Å². The standard InChI is InChI=1S/Al.ClH.3HNO3.3H/c;;3*2-1(3)4;;;/h;1H;3*(H,2,3,4);;;. The van der Waals surface area contributed by atoms with E-state index in [4.69, 9.17) is 46.0 Å². The van der Waals surface area contributed by atoms with Crippen LogP contribution in [0.25, 0.3) is 0 Å². The monoisotopic (exact) mass is 255 g/mol. The zero-order chi connectivity index (χ0) is 10.7. The van der Waals surface area contributed by atoms with Gasteiger partial charge in [-0.1, -0.05) is 0 Å². The molecular weight excluding hydrogens is 248 g/mol. The summed E-state index contributed by atoms with van der Waals surface area (Å²) >= 11 is 0. The molecule has 3 N–H and O–H groups in total. The molecule has 0 aromatic rings. The summed E-state index contributed by atoms with van der Waals surface area (Å²) in [5.74, 6) is 0. The van der Waals surface area contributed by atoms with Crippen molar-refractivity contribution in [3.63, 3.8) is 0 Å². The molecule has 0 bridgehead atoms. The average Bonchev–Trinajstić information content (AvgIpc) is 1.54. The van der Waals surface area contributed by atoms with Crippen molar-refractivity contribution in [2.45, 2.75) is 0 Å². The van der Waals surface area contributed by atoms with Crippen LogP contribution in [0.2, 0.25) is 0 Å². The van der Waals surface area contributed by atoms with Crippen molar-refractivity contribution in [1.29, 1.82) is 0 Å². The van der Waals surface area contributed by atoms with Crippen molar-refractivity contribution >= 4 is 29.8 Å². The van der Waals surface area contributed by atoms with Crippen molar-refractivity contribution in [3.05, 3.63) is 30.3 Å². The lowest BCUT2D eigenvalue weighted by Crippen LogP contribution is -1.81. The Kier molecular flexibility index (Phi) is 47.3. The van der Waals surface area contributed by atoms with Gasteiger partial charge in [-0.3, -0.25) is 0 Å². The van der Waals surface area contributed by atoms with E-state index in [1.54, 1.807) is 0 Å². The van der Waals surface area contributed by atoms with E-state index in [0.717, 1.165) is 0 Å². The maximum atomic E-state index is 8.36. The van der Waals surface area contributed by atoms with Crippen LogP contribution in [-0.2, 0) is 0 Å². The highest BCUT2D eigenvalue weighted by Gasteiger charge is 1.66. The van der Waals surface area contributed by atoms with Crippen LogP contribution in [0.3, 0.4) is 0 Å². The fourth-order valence-electron chi connectivity index (χ4n) is 0. The molecule has 86 valence electrons. The van der Waals surface area contributed by atoms with E-state index in [2.05, 4.69) is 0 Å². The summed E-state index contributed by atoms with van der Waals surface area (Å²) in [5, 5.41) is 40.9. The Morgan fingerprint density at radius 3 is 0.714 bits per heavy atom. The summed E-state index contributed by atoms with van der Waals surface area (Å²) in [4.78, 5) is 25.1. The Bertz CT molecular complexity index is 118. The average molecular weight is 256 g/mol. The minimum atomic E-state index is -1.50. The topological polar surface area (TPSA) is 190 Å². The van der Waals surface area contributed by atoms with Gasteiger partial charge in [0.05, 0.1) is 0 Å². The largest absolute Gasteiger partial charge is 0.328 e. The normalized spacial score (nSPS) is 5.14. The molecule has 0 aliphatic rings. The molecule has 0 rings (SSSR count). The quantitative estimate of drug-likeness (QED) is 0.254. The summed E-state index contributed by atoms with van der Waals surface area (Å²) < 4.78 is 0. The number of hydrogen-bond donors (Lipinski definition) is 3. The molecule has 0 aromatic heterocycles. The maximum absolute atomic E-state index is 8.36. The zero-order valence-corrected chi connectivity index (χ0v) is 6.36. The predicted molar refractivity (Wildman–Crippen MR) is 43.5 cm³/mol. The Balaban J connectivity index is -0.0000000270. The van der Waals surface area contributed by atoms with E-state index in [-0.39, 0.29) is 29.8 Å². The molecule has 14 heavy (non-hydrogen) atoms. The highest BCUT2D eigenvalue weighted by atomic mass is 35.5. The molecule has 0 aliphatic carbocycles. The smallest absolute Gasteiger partial charge is 0.291 e. The van der Waals surface area contributed by atoms with Crippen molar-refractivity contribution in [2.75, 3.05) is 0 Å². The highest BCUT2D eigenvalue weighted by molar-refractivity contribution is 5.85. The van der Waals surface area contributed by atoms with Gasteiger partial charge in [0.1, 0.15) is 0 Å². The van der Waals surface area contributed by atoms with Crippen LogP contribution in [0.5, 0.6) is 0 Å². The van der Waals surface area contributed by atoms with Gasteiger partial charge in [0.15, 0.2) is 17.4 Å². The van der Waals surface area contributed by atoms with Gasteiger partial charge >= 0.3 is 0 Å². The first kappa shape index (κ1) is 29.4. The van der Waals surface area contributed by atoms with Crippen molar-refractivity contribution in [2.24, 2.45) is 0 Å². The second-order valence-electron chi connectivity index (χ2n) is 0.714. The van der Waals surface area contributed by atoms with E-state index in [0.29, 0.717) is 0 Å². The van der Waals surface area contributed by atoms with Crippen molar-refractivity contribution in [3.8, 4) is 0 Å². The number of halogens is 1. The SMILES string of the molecule is Cl.O=[N+]([O-])O.O=[N+]([O-])O.O=[N+]([O-])O.[AlH3]. The third-order valence-electron chi connectivity index (χ3n) is 0. The molecule has 14 heteroatoms. The molecule has 12 nitrogen and oxygen atoms in total. The van der Waals surface area contributed by atoms with Gasteiger partial charge in [0.2, 0.25) is 0 Å². The van der Waals surface area contributed by atoms with Crippen molar-refractivity contribution < 1.29 is 30.9 Å². The lowest BCUT2D eigenvalue weighted by molar-refractivity contribution is -0.742. The van der Waals surface area contributed by atoms with E-state index >= 15 is 0 Å². The van der Waals surface area contributed by atoms with Gasteiger partial charge in [-0.05, 0) is 0 Å². The first-order valence-electron chi connectivity index (χ1n) is 1.70. The van der Waals surface area contributed by atoms with Crippen molar-refractivity contribution in [1.82, 2.24) is 0 Å². The molecule has 0 aliphatic heterocycles. The first-order valence-corrected chi connectivity index (χ1v) is 1.70. The van der Waals surface area contributed by atoms with Crippen LogP contribution in [0, 0.1) is 30.3 Å². The molecule has 0 radical (unpaired) electrons. The minimum absolute atomic E-state index is 0. The van der Waals surface area contributed by atoms with Gasteiger partial charge in [0.25, 0.3) is 15.3 Å². The van der Waals surface area contributed by atoms with Crippen LogP contribution in [0.1, 0.15) is 0 Å². The van der Waals surface area contributed by atoms with Gasteiger partial charge in [-0.15, -0.1) is 42.7 Å². The number of hydrogen-bond acceptors (Lipinski definition) is 6. The van der Waals surface area contributed by atoms with E-state index in [9.17, 15) is 0 Å². The minimum Gasteiger partial charge on any atom is -0.328 e. The Hall–Kier alpha value is -1.58. The number of nitrogens with zero attached hydrogens (tertiary/aromatic N) is 3. The molecule has 0 atom stereocenters.